The van der Waals surface area contributed by atoms with Crippen molar-refractivity contribution in [2.45, 2.75) is 52.6 Å². The van der Waals surface area contributed by atoms with Crippen LogP contribution in [0.4, 0.5) is 16.2 Å². The molecule has 176 valence electrons. The number of hydrogen-bond acceptors (Lipinski definition) is 3. The summed E-state index contributed by atoms with van der Waals surface area (Å²) in [5.74, 6) is 2.05. The third kappa shape index (κ3) is 6.08. The average molecular weight is 449 g/mol. The number of aromatic amines is 1. The standard InChI is InChI=1S/C27H36N4O2/c1-18(2)17-31-13-11-20(12-14-31)25-16-28-26-10-7-22(15-24(25)26)30-27(32)29-21-5-8-23(9-6-21)33-19(3)4/h5-10,15-16,18-20,28H,11-14,17H2,1-4H3,(H2,29,30,32). The molecule has 4 rings (SSSR count). The number of H-pyrrole nitrogens is 1. The fraction of sp³-hybridized carbons (Fsp3) is 0.444. The number of benzene rings is 2. The monoisotopic (exact) mass is 448 g/mol. The minimum atomic E-state index is -0.258. The van der Waals surface area contributed by atoms with Crippen molar-refractivity contribution >= 4 is 28.3 Å². The van der Waals surface area contributed by atoms with Crippen LogP contribution in [0.25, 0.3) is 10.9 Å². The topological polar surface area (TPSA) is 69.4 Å². The lowest BCUT2D eigenvalue weighted by Crippen LogP contribution is -2.35. The van der Waals surface area contributed by atoms with Gasteiger partial charge < -0.3 is 25.3 Å². The minimum absolute atomic E-state index is 0.118. The van der Waals surface area contributed by atoms with Gasteiger partial charge in [0.25, 0.3) is 0 Å². The lowest BCUT2D eigenvalue weighted by atomic mass is 9.89. The van der Waals surface area contributed by atoms with Crippen molar-refractivity contribution in [1.82, 2.24) is 9.88 Å². The van der Waals surface area contributed by atoms with Crippen LogP contribution in [-0.4, -0.2) is 41.7 Å². The quantitative estimate of drug-likeness (QED) is 0.390. The normalized spacial score (nSPS) is 15.3. The molecule has 1 aliphatic rings. The first-order valence-electron chi connectivity index (χ1n) is 12.1. The zero-order valence-electron chi connectivity index (χ0n) is 20.2. The number of nitrogens with one attached hydrogen (secondary N) is 3. The Morgan fingerprint density at radius 2 is 1.70 bits per heavy atom. The van der Waals surface area contributed by atoms with Gasteiger partial charge in [-0.15, -0.1) is 0 Å². The summed E-state index contributed by atoms with van der Waals surface area (Å²) in [6.07, 6.45) is 4.62. The highest BCUT2D eigenvalue weighted by molar-refractivity contribution is 6.01. The Morgan fingerprint density at radius 3 is 2.36 bits per heavy atom. The molecule has 0 saturated carbocycles. The van der Waals surface area contributed by atoms with E-state index >= 15 is 0 Å². The van der Waals surface area contributed by atoms with Gasteiger partial charge in [0.15, 0.2) is 0 Å². The molecule has 1 fully saturated rings. The van der Waals surface area contributed by atoms with Crippen LogP contribution < -0.4 is 15.4 Å². The first kappa shape index (κ1) is 23.2. The second-order valence-corrected chi connectivity index (χ2v) is 9.74. The van der Waals surface area contributed by atoms with Crippen LogP contribution in [0.1, 0.15) is 52.0 Å². The summed E-state index contributed by atoms with van der Waals surface area (Å²) >= 11 is 0. The molecule has 2 aromatic carbocycles. The summed E-state index contributed by atoms with van der Waals surface area (Å²) in [7, 11) is 0. The summed E-state index contributed by atoms with van der Waals surface area (Å²) in [6.45, 7) is 12.0. The Hall–Kier alpha value is -2.99. The maximum Gasteiger partial charge on any atom is 0.323 e. The zero-order valence-corrected chi connectivity index (χ0v) is 20.2. The van der Waals surface area contributed by atoms with Crippen LogP contribution in [0.15, 0.2) is 48.7 Å². The van der Waals surface area contributed by atoms with E-state index in [1.54, 1.807) is 0 Å². The van der Waals surface area contributed by atoms with E-state index in [-0.39, 0.29) is 12.1 Å². The van der Waals surface area contributed by atoms with Crippen LogP contribution in [0, 0.1) is 5.92 Å². The van der Waals surface area contributed by atoms with Crippen molar-refractivity contribution in [3.8, 4) is 5.75 Å². The number of anilines is 2. The van der Waals surface area contributed by atoms with Gasteiger partial charge in [0.2, 0.25) is 0 Å². The van der Waals surface area contributed by atoms with Gasteiger partial charge in [-0.2, -0.15) is 0 Å². The molecule has 6 nitrogen and oxygen atoms in total. The van der Waals surface area contributed by atoms with Gasteiger partial charge in [-0.3, -0.25) is 0 Å². The average Bonchev–Trinajstić information content (AvgIpc) is 3.18. The van der Waals surface area contributed by atoms with E-state index in [1.807, 2.05) is 50.2 Å². The third-order valence-corrected chi connectivity index (χ3v) is 6.11. The van der Waals surface area contributed by atoms with E-state index < -0.39 is 0 Å². The molecule has 0 atom stereocenters. The van der Waals surface area contributed by atoms with Crippen molar-refractivity contribution in [2.24, 2.45) is 5.92 Å². The second kappa shape index (κ2) is 10.3. The highest BCUT2D eigenvalue weighted by Crippen LogP contribution is 2.34. The van der Waals surface area contributed by atoms with E-state index in [9.17, 15) is 4.79 Å². The first-order valence-corrected chi connectivity index (χ1v) is 12.1. The molecule has 0 unspecified atom stereocenters. The molecule has 2 amide bonds. The summed E-state index contributed by atoms with van der Waals surface area (Å²) in [6, 6.07) is 13.2. The highest BCUT2D eigenvalue weighted by atomic mass is 16.5. The molecule has 1 aromatic heterocycles. The number of urea groups is 1. The van der Waals surface area contributed by atoms with Gasteiger partial charge in [-0.05, 0) is 99.6 Å². The van der Waals surface area contributed by atoms with E-state index in [4.69, 9.17) is 4.74 Å². The third-order valence-electron chi connectivity index (χ3n) is 6.11. The Kier molecular flexibility index (Phi) is 7.23. The number of rotatable bonds is 7. The Labute approximate surface area is 196 Å². The summed E-state index contributed by atoms with van der Waals surface area (Å²) in [5.41, 5.74) is 3.98. The van der Waals surface area contributed by atoms with Crippen LogP contribution in [-0.2, 0) is 0 Å². The second-order valence-electron chi connectivity index (χ2n) is 9.74. The molecular weight excluding hydrogens is 412 g/mol. The molecule has 0 radical (unpaired) electrons. The van der Waals surface area contributed by atoms with Crippen LogP contribution in [0.2, 0.25) is 0 Å². The van der Waals surface area contributed by atoms with Crippen molar-refractivity contribution in [3.63, 3.8) is 0 Å². The highest BCUT2D eigenvalue weighted by Gasteiger charge is 2.23. The van der Waals surface area contributed by atoms with Crippen molar-refractivity contribution < 1.29 is 9.53 Å². The van der Waals surface area contributed by atoms with E-state index in [0.29, 0.717) is 11.8 Å². The maximum absolute atomic E-state index is 12.6. The molecular formula is C27H36N4O2. The molecule has 1 saturated heterocycles. The number of nitrogens with zero attached hydrogens (tertiary/aromatic N) is 1. The molecule has 0 spiro atoms. The van der Waals surface area contributed by atoms with Crippen molar-refractivity contribution in [1.29, 1.82) is 0 Å². The summed E-state index contributed by atoms with van der Waals surface area (Å²) in [4.78, 5) is 18.6. The molecule has 0 aliphatic carbocycles. The molecule has 3 aromatic rings. The van der Waals surface area contributed by atoms with Crippen LogP contribution in [0.5, 0.6) is 5.75 Å². The van der Waals surface area contributed by atoms with Crippen molar-refractivity contribution in [2.75, 3.05) is 30.3 Å². The Balaban J connectivity index is 1.39. The van der Waals surface area contributed by atoms with Crippen LogP contribution in [0.3, 0.4) is 0 Å². The number of piperidine rings is 1. The number of ether oxygens (including phenoxy) is 1. The van der Waals surface area contributed by atoms with Crippen molar-refractivity contribution in [3.05, 3.63) is 54.2 Å². The van der Waals surface area contributed by atoms with Gasteiger partial charge in [-0.25, -0.2) is 4.79 Å². The number of aromatic nitrogens is 1. The molecule has 6 heteroatoms. The largest absolute Gasteiger partial charge is 0.491 e. The van der Waals surface area contributed by atoms with E-state index in [0.717, 1.165) is 35.7 Å². The number of fused-ring (bicyclic) bond motifs is 1. The first-order chi connectivity index (χ1) is 15.9. The smallest absolute Gasteiger partial charge is 0.323 e. The maximum atomic E-state index is 12.6. The van der Waals surface area contributed by atoms with Crippen LogP contribution >= 0.6 is 0 Å². The SMILES string of the molecule is CC(C)CN1CCC(c2c[nH]c3ccc(NC(=O)Nc4ccc(OC(C)C)cc4)cc23)CC1. The zero-order chi connectivity index (χ0) is 23.4. The van der Waals surface area contributed by atoms with Gasteiger partial charge in [0.1, 0.15) is 5.75 Å². The molecule has 2 heterocycles. The van der Waals surface area contributed by atoms with E-state index in [2.05, 4.69) is 46.6 Å². The number of carbonyl (C=O) groups is 1. The van der Waals surface area contributed by atoms with Gasteiger partial charge >= 0.3 is 6.03 Å². The fourth-order valence-electron chi connectivity index (χ4n) is 4.68. The number of amides is 2. The molecule has 1 aliphatic heterocycles. The molecule has 33 heavy (non-hydrogen) atoms. The van der Waals surface area contributed by atoms with E-state index in [1.165, 1.54) is 30.3 Å². The lowest BCUT2D eigenvalue weighted by Gasteiger charge is -2.33. The lowest BCUT2D eigenvalue weighted by molar-refractivity contribution is 0.192. The number of hydrogen-bond donors (Lipinski definition) is 3. The number of likely N-dealkylation sites (tertiary alicyclic amines) is 1. The Bertz CT molecular complexity index is 1060. The van der Waals surface area contributed by atoms with Gasteiger partial charge in [0.05, 0.1) is 6.10 Å². The Morgan fingerprint density at radius 1 is 1.03 bits per heavy atom. The fourth-order valence-corrected chi connectivity index (χ4v) is 4.68. The minimum Gasteiger partial charge on any atom is -0.491 e. The van der Waals surface area contributed by atoms with Gasteiger partial charge in [0, 0.05) is 35.0 Å². The summed E-state index contributed by atoms with van der Waals surface area (Å²) in [5, 5.41) is 7.07. The predicted molar refractivity (Wildman–Crippen MR) is 136 cm³/mol. The molecule has 3 N–H and O–H groups in total. The predicted octanol–water partition coefficient (Wildman–Crippen LogP) is 6.43. The summed E-state index contributed by atoms with van der Waals surface area (Å²) < 4.78 is 5.65. The molecule has 0 bridgehead atoms. The number of carbonyl (C=O) groups excluding carboxylic acids is 1. The van der Waals surface area contributed by atoms with Gasteiger partial charge in [-0.1, -0.05) is 13.8 Å².